The molecular weight excluding hydrogens is 302 g/mol. The normalized spacial score (nSPS) is 21.2. The van der Waals surface area contributed by atoms with Crippen molar-refractivity contribution in [1.29, 1.82) is 0 Å². The van der Waals surface area contributed by atoms with Crippen LogP contribution in [-0.2, 0) is 9.59 Å². The van der Waals surface area contributed by atoms with Crippen molar-refractivity contribution in [3.63, 3.8) is 0 Å². The van der Waals surface area contributed by atoms with Crippen molar-refractivity contribution in [2.24, 2.45) is 5.92 Å². The SMILES string of the molecule is Cc1c(NCC(=O)N2CCC[C@H](C)C2)cccc1N1CCCC1=O. The van der Waals surface area contributed by atoms with Crippen molar-refractivity contribution < 1.29 is 9.59 Å². The number of likely N-dealkylation sites (tertiary alicyclic amines) is 1. The van der Waals surface area contributed by atoms with Crippen LogP contribution in [-0.4, -0.2) is 42.9 Å². The fourth-order valence-corrected chi connectivity index (χ4v) is 3.71. The van der Waals surface area contributed by atoms with Crippen molar-refractivity contribution >= 4 is 23.2 Å². The summed E-state index contributed by atoms with van der Waals surface area (Å²) in [6.45, 7) is 7.04. The predicted molar refractivity (Wildman–Crippen MR) is 96.2 cm³/mol. The van der Waals surface area contributed by atoms with Gasteiger partial charge in [-0.3, -0.25) is 9.59 Å². The minimum absolute atomic E-state index is 0.156. The Kier molecular flexibility index (Phi) is 5.07. The van der Waals surface area contributed by atoms with Crippen LogP contribution in [0, 0.1) is 12.8 Å². The molecular formula is C19H27N3O2. The molecule has 2 amide bonds. The monoisotopic (exact) mass is 329 g/mol. The smallest absolute Gasteiger partial charge is 0.241 e. The van der Waals surface area contributed by atoms with E-state index < -0.39 is 0 Å². The van der Waals surface area contributed by atoms with Crippen molar-refractivity contribution in [1.82, 2.24) is 4.90 Å². The Balaban J connectivity index is 1.65. The van der Waals surface area contributed by atoms with Crippen LogP contribution < -0.4 is 10.2 Å². The summed E-state index contributed by atoms with van der Waals surface area (Å²) < 4.78 is 0. The first-order valence-corrected chi connectivity index (χ1v) is 8.98. The molecule has 0 bridgehead atoms. The minimum atomic E-state index is 0.156. The second-order valence-corrected chi connectivity index (χ2v) is 7.04. The molecule has 0 radical (unpaired) electrons. The molecule has 1 aromatic rings. The Morgan fingerprint density at radius 3 is 2.83 bits per heavy atom. The number of carbonyl (C=O) groups excluding carboxylic acids is 2. The van der Waals surface area contributed by atoms with E-state index in [1.54, 1.807) is 0 Å². The average Bonchev–Trinajstić information content (AvgIpc) is 2.99. The third-order valence-electron chi connectivity index (χ3n) is 5.11. The van der Waals surface area contributed by atoms with Crippen LogP contribution in [0.3, 0.4) is 0 Å². The number of nitrogens with one attached hydrogen (secondary N) is 1. The fraction of sp³-hybridized carbons (Fsp3) is 0.579. The van der Waals surface area contributed by atoms with Gasteiger partial charge in [-0.05, 0) is 49.8 Å². The van der Waals surface area contributed by atoms with Crippen LogP contribution >= 0.6 is 0 Å². The number of piperidine rings is 1. The molecule has 2 heterocycles. The van der Waals surface area contributed by atoms with Gasteiger partial charge in [0.2, 0.25) is 11.8 Å². The highest BCUT2D eigenvalue weighted by molar-refractivity contribution is 5.97. The summed E-state index contributed by atoms with van der Waals surface area (Å²) in [4.78, 5) is 28.2. The zero-order chi connectivity index (χ0) is 17.1. The Hall–Kier alpha value is -2.04. The minimum Gasteiger partial charge on any atom is -0.376 e. The standard InChI is InChI=1S/C19H27N3O2/c1-14-6-4-10-21(13-14)19(24)12-20-16-7-3-8-17(15(16)2)22-11-5-9-18(22)23/h3,7-8,14,20H,4-6,9-13H2,1-2H3/t14-/m0/s1. The lowest BCUT2D eigenvalue weighted by Gasteiger charge is -2.31. The maximum atomic E-state index is 12.4. The molecule has 2 aliphatic rings. The lowest BCUT2D eigenvalue weighted by molar-refractivity contribution is -0.131. The summed E-state index contributed by atoms with van der Waals surface area (Å²) in [5.74, 6) is 0.936. The molecule has 2 fully saturated rings. The fourth-order valence-electron chi connectivity index (χ4n) is 3.71. The number of amides is 2. The van der Waals surface area contributed by atoms with Crippen LogP contribution in [0.25, 0.3) is 0 Å². The highest BCUT2D eigenvalue weighted by Crippen LogP contribution is 2.29. The lowest BCUT2D eigenvalue weighted by Crippen LogP contribution is -2.42. The zero-order valence-corrected chi connectivity index (χ0v) is 14.7. The molecule has 1 atom stereocenters. The van der Waals surface area contributed by atoms with Gasteiger partial charge in [0.1, 0.15) is 0 Å². The Morgan fingerprint density at radius 1 is 1.29 bits per heavy atom. The van der Waals surface area contributed by atoms with Crippen molar-refractivity contribution in [2.45, 2.75) is 39.5 Å². The van der Waals surface area contributed by atoms with E-state index in [0.717, 1.165) is 49.4 Å². The molecule has 130 valence electrons. The second-order valence-electron chi connectivity index (χ2n) is 7.04. The topological polar surface area (TPSA) is 52.7 Å². The average molecular weight is 329 g/mol. The van der Waals surface area contributed by atoms with E-state index in [-0.39, 0.29) is 11.8 Å². The molecule has 5 heteroatoms. The molecule has 5 nitrogen and oxygen atoms in total. The van der Waals surface area contributed by atoms with Crippen LogP contribution in [0.15, 0.2) is 18.2 Å². The molecule has 1 aromatic carbocycles. The molecule has 0 unspecified atom stereocenters. The molecule has 0 spiro atoms. The van der Waals surface area contributed by atoms with E-state index in [4.69, 9.17) is 0 Å². The van der Waals surface area contributed by atoms with Crippen molar-refractivity contribution in [3.05, 3.63) is 23.8 Å². The number of hydrogen-bond donors (Lipinski definition) is 1. The van der Waals surface area contributed by atoms with Gasteiger partial charge < -0.3 is 15.1 Å². The first kappa shape index (κ1) is 16.8. The van der Waals surface area contributed by atoms with Crippen LogP contribution in [0.5, 0.6) is 0 Å². The van der Waals surface area contributed by atoms with Gasteiger partial charge in [-0.2, -0.15) is 0 Å². The Bertz CT molecular complexity index is 629. The number of nitrogens with zero attached hydrogens (tertiary/aromatic N) is 2. The molecule has 3 rings (SSSR count). The molecule has 0 aliphatic carbocycles. The van der Waals surface area contributed by atoms with Gasteiger partial charge in [0.25, 0.3) is 0 Å². The third kappa shape index (κ3) is 3.55. The van der Waals surface area contributed by atoms with Crippen molar-refractivity contribution in [3.8, 4) is 0 Å². The van der Waals surface area contributed by atoms with E-state index in [1.165, 1.54) is 6.42 Å². The first-order valence-electron chi connectivity index (χ1n) is 8.98. The van der Waals surface area contributed by atoms with E-state index in [1.807, 2.05) is 34.9 Å². The van der Waals surface area contributed by atoms with Gasteiger partial charge in [-0.1, -0.05) is 13.0 Å². The van der Waals surface area contributed by atoms with Crippen LogP contribution in [0.4, 0.5) is 11.4 Å². The van der Waals surface area contributed by atoms with E-state index in [2.05, 4.69) is 12.2 Å². The number of carbonyl (C=O) groups is 2. The largest absolute Gasteiger partial charge is 0.376 e. The summed E-state index contributed by atoms with van der Waals surface area (Å²) in [5.41, 5.74) is 2.93. The van der Waals surface area contributed by atoms with E-state index >= 15 is 0 Å². The van der Waals surface area contributed by atoms with Crippen molar-refractivity contribution in [2.75, 3.05) is 36.4 Å². The quantitative estimate of drug-likeness (QED) is 0.924. The first-order chi connectivity index (χ1) is 11.6. The summed E-state index contributed by atoms with van der Waals surface area (Å²) in [6, 6.07) is 5.91. The van der Waals surface area contributed by atoms with Gasteiger partial charge in [0.15, 0.2) is 0 Å². The van der Waals surface area contributed by atoms with Gasteiger partial charge >= 0.3 is 0 Å². The molecule has 1 N–H and O–H groups in total. The van der Waals surface area contributed by atoms with Crippen LogP contribution in [0.1, 0.15) is 38.2 Å². The van der Waals surface area contributed by atoms with Gasteiger partial charge in [-0.25, -0.2) is 0 Å². The summed E-state index contributed by atoms with van der Waals surface area (Å²) in [7, 11) is 0. The highest BCUT2D eigenvalue weighted by Gasteiger charge is 2.24. The molecule has 2 saturated heterocycles. The molecule has 0 saturated carbocycles. The molecule has 0 aromatic heterocycles. The maximum Gasteiger partial charge on any atom is 0.241 e. The number of hydrogen-bond acceptors (Lipinski definition) is 3. The van der Waals surface area contributed by atoms with E-state index in [0.29, 0.717) is 18.9 Å². The van der Waals surface area contributed by atoms with Gasteiger partial charge in [-0.15, -0.1) is 0 Å². The lowest BCUT2D eigenvalue weighted by atomic mass is 10.0. The Labute approximate surface area is 144 Å². The third-order valence-corrected chi connectivity index (χ3v) is 5.11. The van der Waals surface area contributed by atoms with Crippen LogP contribution in [0.2, 0.25) is 0 Å². The summed E-state index contributed by atoms with van der Waals surface area (Å²) >= 11 is 0. The highest BCUT2D eigenvalue weighted by atomic mass is 16.2. The number of anilines is 2. The van der Waals surface area contributed by atoms with E-state index in [9.17, 15) is 9.59 Å². The predicted octanol–water partition coefficient (Wildman–Crippen LogP) is 2.79. The number of benzene rings is 1. The van der Waals surface area contributed by atoms with Gasteiger partial charge in [0.05, 0.1) is 6.54 Å². The van der Waals surface area contributed by atoms with Gasteiger partial charge in [0, 0.05) is 37.4 Å². The zero-order valence-electron chi connectivity index (χ0n) is 14.7. The summed E-state index contributed by atoms with van der Waals surface area (Å²) in [6.07, 6.45) is 3.85. The molecule has 24 heavy (non-hydrogen) atoms. The maximum absolute atomic E-state index is 12.4. The number of rotatable bonds is 4. The summed E-state index contributed by atoms with van der Waals surface area (Å²) in [5, 5.41) is 3.27. The Morgan fingerprint density at radius 2 is 2.12 bits per heavy atom. The molecule has 2 aliphatic heterocycles. The second kappa shape index (κ2) is 7.24.